The Morgan fingerprint density at radius 2 is 1.94 bits per heavy atom. The molecule has 0 aromatic carbocycles. The summed E-state index contributed by atoms with van der Waals surface area (Å²) < 4.78 is 0. The average molecular weight is 265 g/mol. The largest absolute Gasteiger partial charge is 0.393 e. The molecular formula is C13H19N3OS. The molecule has 0 atom stereocenters. The molecule has 0 radical (unpaired) electrons. The molecule has 0 unspecified atom stereocenters. The average Bonchev–Trinajstić information content (AvgIpc) is 2.28. The van der Waals surface area contributed by atoms with Crippen LogP contribution in [-0.4, -0.2) is 32.9 Å². The maximum atomic E-state index is 12.4. The molecule has 98 valence electrons. The van der Waals surface area contributed by atoms with Crippen LogP contribution in [0.5, 0.6) is 0 Å². The summed E-state index contributed by atoms with van der Waals surface area (Å²) in [6.07, 6.45) is 3.76. The minimum atomic E-state index is -0.273. The fourth-order valence-electron chi connectivity index (χ4n) is 1.61. The fraction of sp³-hybridized carbons (Fsp3) is 0.462. The Hall–Kier alpha value is -1.49. The molecule has 4 nitrogen and oxygen atoms in total. The van der Waals surface area contributed by atoms with Gasteiger partial charge in [0, 0.05) is 36.5 Å². The van der Waals surface area contributed by atoms with Crippen LogP contribution in [-0.2, 0) is 0 Å². The zero-order valence-electron chi connectivity index (χ0n) is 11.0. The zero-order chi connectivity index (χ0) is 13.8. The Bertz CT molecular complexity index is 426. The molecular weight excluding hydrogens is 246 g/mol. The summed E-state index contributed by atoms with van der Waals surface area (Å²) in [4.78, 5) is 18.5. The van der Waals surface area contributed by atoms with Gasteiger partial charge < -0.3 is 10.6 Å². The van der Waals surface area contributed by atoms with E-state index in [0.717, 1.165) is 0 Å². The van der Waals surface area contributed by atoms with E-state index < -0.39 is 0 Å². The number of rotatable bonds is 4. The smallest absolute Gasteiger partial charge is 0.254 e. The third kappa shape index (κ3) is 4.07. The molecule has 18 heavy (non-hydrogen) atoms. The first-order chi connectivity index (χ1) is 8.32. The van der Waals surface area contributed by atoms with Gasteiger partial charge in [-0.2, -0.15) is 0 Å². The van der Waals surface area contributed by atoms with E-state index in [9.17, 15) is 4.79 Å². The number of amides is 1. The first-order valence-corrected chi connectivity index (χ1v) is 6.23. The molecule has 0 aliphatic heterocycles. The van der Waals surface area contributed by atoms with E-state index in [4.69, 9.17) is 18.0 Å². The highest BCUT2D eigenvalue weighted by molar-refractivity contribution is 7.80. The number of nitrogens with two attached hydrogens (primary N) is 1. The predicted molar refractivity (Wildman–Crippen MR) is 76.4 cm³/mol. The summed E-state index contributed by atoms with van der Waals surface area (Å²) in [7, 11) is 0. The summed E-state index contributed by atoms with van der Waals surface area (Å²) in [5.41, 5.74) is 5.86. The number of pyridine rings is 1. The number of hydrogen-bond donors (Lipinski definition) is 1. The van der Waals surface area contributed by atoms with Crippen LogP contribution in [0.15, 0.2) is 24.5 Å². The van der Waals surface area contributed by atoms with Crippen molar-refractivity contribution in [1.82, 2.24) is 9.88 Å². The Kier molecular flexibility index (Phi) is 4.78. The molecule has 2 N–H and O–H groups in total. The first kappa shape index (κ1) is 14.6. The van der Waals surface area contributed by atoms with Crippen LogP contribution in [0.2, 0.25) is 0 Å². The summed E-state index contributed by atoms with van der Waals surface area (Å²) in [6, 6.07) is 3.42. The molecule has 0 aliphatic rings. The molecule has 0 spiro atoms. The molecule has 1 rings (SSSR count). The lowest BCUT2D eigenvalue weighted by Crippen LogP contribution is -2.46. The number of carbonyl (C=O) groups excluding carboxylic acids is 1. The van der Waals surface area contributed by atoms with Crippen molar-refractivity contribution in [2.24, 2.45) is 5.73 Å². The van der Waals surface area contributed by atoms with E-state index >= 15 is 0 Å². The highest BCUT2D eigenvalue weighted by atomic mass is 32.1. The standard InChI is InChI=1S/C13H19N3OS/c1-13(2,3)16(9-6-11(14)18)12(17)10-4-7-15-8-5-10/h4-5,7-8H,6,9H2,1-3H3,(H2,14,18). The highest BCUT2D eigenvalue weighted by Crippen LogP contribution is 2.17. The van der Waals surface area contributed by atoms with Gasteiger partial charge in [0.25, 0.3) is 5.91 Å². The van der Waals surface area contributed by atoms with E-state index in [0.29, 0.717) is 23.5 Å². The van der Waals surface area contributed by atoms with Gasteiger partial charge in [0.2, 0.25) is 0 Å². The van der Waals surface area contributed by atoms with Gasteiger partial charge >= 0.3 is 0 Å². The van der Waals surface area contributed by atoms with E-state index in [-0.39, 0.29) is 11.4 Å². The van der Waals surface area contributed by atoms with Crippen molar-refractivity contribution in [3.8, 4) is 0 Å². The predicted octanol–water partition coefficient (Wildman–Crippen LogP) is 2.00. The topological polar surface area (TPSA) is 59.2 Å². The van der Waals surface area contributed by atoms with Gasteiger partial charge in [-0.15, -0.1) is 0 Å². The summed E-state index contributed by atoms with van der Waals surface area (Å²) >= 11 is 4.87. The summed E-state index contributed by atoms with van der Waals surface area (Å²) in [5.74, 6) is -0.0267. The van der Waals surface area contributed by atoms with E-state index in [2.05, 4.69) is 4.98 Å². The molecule has 1 aromatic heterocycles. The molecule has 0 aliphatic carbocycles. The molecule has 0 saturated heterocycles. The molecule has 1 aromatic rings. The van der Waals surface area contributed by atoms with Crippen molar-refractivity contribution in [2.75, 3.05) is 6.54 Å². The van der Waals surface area contributed by atoms with Crippen LogP contribution < -0.4 is 5.73 Å². The number of hydrogen-bond acceptors (Lipinski definition) is 3. The van der Waals surface area contributed by atoms with Crippen molar-refractivity contribution in [3.63, 3.8) is 0 Å². The van der Waals surface area contributed by atoms with Gasteiger partial charge in [-0.05, 0) is 32.9 Å². The Morgan fingerprint density at radius 3 is 2.39 bits per heavy atom. The number of carbonyl (C=O) groups is 1. The first-order valence-electron chi connectivity index (χ1n) is 5.82. The molecule has 0 fully saturated rings. The van der Waals surface area contributed by atoms with Crippen LogP contribution in [0, 0.1) is 0 Å². The maximum absolute atomic E-state index is 12.4. The Labute approximate surface area is 113 Å². The molecule has 0 bridgehead atoms. The third-order valence-electron chi connectivity index (χ3n) is 2.56. The van der Waals surface area contributed by atoms with Gasteiger partial charge in [0.05, 0.1) is 4.99 Å². The second-order valence-corrected chi connectivity index (χ2v) is 5.60. The van der Waals surface area contributed by atoms with Gasteiger partial charge in [-0.1, -0.05) is 12.2 Å². The van der Waals surface area contributed by atoms with E-state index in [1.54, 1.807) is 29.4 Å². The third-order valence-corrected chi connectivity index (χ3v) is 2.77. The van der Waals surface area contributed by atoms with Crippen LogP contribution in [0.25, 0.3) is 0 Å². The second-order valence-electron chi connectivity index (χ2n) is 5.08. The number of thiocarbonyl (C=S) groups is 1. The summed E-state index contributed by atoms with van der Waals surface area (Å²) in [5, 5.41) is 0. The lowest BCUT2D eigenvalue weighted by atomic mass is 10.0. The van der Waals surface area contributed by atoms with E-state index in [1.165, 1.54) is 0 Å². The fourth-order valence-corrected chi connectivity index (χ4v) is 1.71. The molecule has 1 heterocycles. The van der Waals surface area contributed by atoms with Crippen molar-refractivity contribution in [2.45, 2.75) is 32.7 Å². The summed E-state index contributed by atoms with van der Waals surface area (Å²) in [6.45, 7) is 6.50. The minimum absolute atomic E-state index is 0.0267. The van der Waals surface area contributed by atoms with Crippen LogP contribution in [0.4, 0.5) is 0 Å². The minimum Gasteiger partial charge on any atom is -0.393 e. The molecule has 5 heteroatoms. The van der Waals surface area contributed by atoms with Crippen LogP contribution >= 0.6 is 12.2 Å². The highest BCUT2D eigenvalue weighted by Gasteiger charge is 2.26. The molecule has 1 amide bonds. The van der Waals surface area contributed by atoms with Gasteiger partial charge in [-0.3, -0.25) is 9.78 Å². The van der Waals surface area contributed by atoms with Gasteiger partial charge in [0.15, 0.2) is 0 Å². The lowest BCUT2D eigenvalue weighted by molar-refractivity contribution is 0.0591. The van der Waals surface area contributed by atoms with Gasteiger partial charge in [-0.25, -0.2) is 0 Å². The Balaban J connectivity index is 2.90. The van der Waals surface area contributed by atoms with Crippen molar-refractivity contribution >= 4 is 23.1 Å². The maximum Gasteiger partial charge on any atom is 0.254 e. The normalized spacial score (nSPS) is 11.1. The van der Waals surface area contributed by atoms with Crippen LogP contribution in [0.3, 0.4) is 0 Å². The monoisotopic (exact) mass is 265 g/mol. The van der Waals surface area contributed by atoms with E-state index in [1.807, 2.05) is 20.8 Å². The van der Waals surface area contributed by atoms with Crippen molar-refractivity contribution in [1.29, 1.82) is 0 Å². The number of aromatic nitrogens is 1. The lowest BCUT2D eigenvalue weighted by Gasteiger charge is -2.35. The Morgan fingerprint density at radius 1 is 1.39 bits per heavy atom. The second kappa shape index (κ2) is 5.91. The van der Waals surface area contributed by atoms with Crippen LogP contribution in [0.1, 0.15) is 37.6 Å². The quantitative estimate of drug-likeness (QED) is 0.846. The van der Waals surface area contributed by atoms with Gasteiger partial charge in [0.1, 0.15) is 0 Å². The zero-order valence-corrected chi connectivity index (χ0v) is 11.8. The SMILES string of the molecule is CC(C)(C)N(CCC(N)=S)C(=O)c1ccncc1. The number of nitrogens with zero attached hydrogens (tertiary/aromatic N) is 2. The van der Waals surface area contributed by atoms with Crippen molar-refractivity contribution < 1.29 is 4.79 Å². The molecule has 0 saturated carbocycles. The van der Waals surface area contributed by atoms with Crippen molar-refractivity contribution in [3.05, 3.63) is 30.1 Å².